The van der Waals surface area contributed by atoms with Gasteiger partial charge in [0.1, 0.15) is 11.8 Å². The fourth-order valence-corrected chi connectivity index (χ4v) is 5.07. The molecule has 3 aromatic carbocycles. The molecule has 7 heteroatoms. The largest absolute Gasteiger partial charge is 0.497 e. The summed E-state index contributed by atoms with van der Waals surface area (Å²) >= 11 is 9.62. The molecular weight excluding hydrogens is 478 g/mol. The van der Waals surface area contributed by atoms with Crippen LogP contribution in [-0.2, 0) is 4.79 Å². The third kappa shape index (κ3) is 3.64. The zero-order chi connectivity index (χ0) is 21.5. The Morgan fingerprint density at radius 1 is 0.935 bits per heavy atom. The molecule has 2 fully saturated rings. The maximum absolute atomic E-state index is 13.6. The number of hydrazine groups is 1. The van der Waals surface area contributed by atoms with Gasteiger partial charge in [-0.15, -0.1) is 0 Å². The van der Waals surface area contributed by atoms with E-state index in [0.29, 0.717) is 5.02 Å². The summed E-state index contributed by atoms with van der Waals surface area (Å²) in [5.74, 6) is 0.785. The maximum atomic E-state index is 13.6. The second kappa shape index (κ2) is 8.28. The maximum Gasteiger partial charge on any atom is 0.246 e. The normalized spacial score (nSPS) is 25.0. The molecule has 0 spiro atoms. The van der Waals surface area contributed by atoms with Gasteiger partial charge >= 0.3 is 0 Å². The van der Waals surface area contributed by atoms with Crippen LogP contribution in [0.2, 0.25) is 5.02 Å². The van der Waals surface area contributed by atoms with Crippen LogP contribution in [0.15, 0.2) is 77.3 Å². The molecule has 0 aromatic heterocycles. The van der Waals surface area contributed by atoms with Crippen molar-refractivity contribution in [2.75, 3.05) is 12.0 Å². The van der Waals surface area contributed by atoms with Gasteiger partial charge in [0.25, 0.3) is 0 Å². The Morgan fingerprint density at radius 3 is 2.35 bits per heavy atom. The number of hydrogen-bond acceptors (Lipinski definition) is 4. The second-order valence-electron chi connectivity index (χ2n) is 7.78. The molecule has 0 saturated carbocycles. The van der Waals surface area contributed by atoms with E-state index in [9.17, 15) is 4.79 Å². The van der Waals surface area contributed by atoms with Crippen LogP contribution in [0.3, 0.4) is 0 Å². The molecule has 3 aromatic rings. The molecule has 5 rings (SSSR count). The predicted molar refractivity (Wildman–Crippen MR) is 125 cm³/mol. The third-order valence-corrected chi connectivity index (χ3v) is 6.86. The number of amides is 1. The smallest absolute Gasteiger partial charge is 0.246 e. The van der Waals surface area contributed by atoms with Gasteiger partial charge in [-0.05, 0) is 59.7 Å². The fourth-order valence-electron chi connectivity index (χ4n) is 4.68. The van der Waals surface area contributed by atoms with E-state index in [0.717, 1.165) is 27.0 Å². The summed E-state index contributed by atoms with van der Waals surface area (Å²) in [4.78, 5) is 15.5. The lowest BCUT2D eigenvalue weighted by Gasteiger charge is -2.31. The average molecular weight is 499 g/mol. The molecule has 31 heavy (non-hydrogen) atoms. The third-order valence-electron chi connectivity index (χ3n) is 6.08. The van der Waals surface area contributed by atoms with Crippen molar-refractivity contribution in [3.05, 3.63) is 93.4 Å². The van der Waals surface area contributed by atoms with Gasteiger partial charge in [0.2, 0.25) is 5.91 Å². The minimum absolute atomic E-state index is 0.0172. The Balaban J connectivity index is 1.63. The summed E-state index contributed by atoms with van der Waals surface area (Å²) in [6.45, 7) is 0. The molecule has 2 N–H and O–H groups in total. The van der Waals surface area contributed by atoms with Crippen LogP contribution in [0.5, 0.6) is 5.75 Å². The SMILES string of the molecule is COc1cccc(C2C3C(NNC3c3ccc(Br)cc3)C(=O)N2c2ccc(Cl)cc2)c1. The summed E-state index contributed by atoms with van der Waals surface area (Å²) < 4.78 is 6.50. The van der Waals surface area contributed by atoms with E-state index in [1.165, 1.54) is 0 Å². The number of carbonyl (C=O) groups excluding carboxylic acids is 1. The first-order valence-corrected chi connectivity index (χ1v) is 11.2. The number of methoxy groups -OCH3 is 1. The zero-order valence-electron chi connectivity index (χ0n) is 16.8. The number of carbonyl (C=O) groups is 1. The van der Waals surface area contributed by atoms with Gasteiger partial charge in [-0.1, -0.05) is 51.8 Å². The van der Waals surface area contributed by atoms with Gasteiger partial charge in [0.05, 0.1) is 19.2 Å². The topological polar surface area (TPSA) is 53.6 Å². The highest BCUT2D eigenvalue weighted by molar-refractivity contribution is 9.10. The molecule has 158 valence electrons. The number of nitrogens with zero attached hydrogens (tertiary/aromatic N) is 1. The first kappa shape index (κ1) is 20.5. The highest BCUT2D eigenvalue weighted by Gasteiger charge is 2.56. The van der Waals surface area contributed by atoms with Gasteiger partial charge in [-0.3, -0.25) is 4.79 Å². The molecule has 0 bridgehead atoms. The molecule has 0 radical (unpaired) electrons. The second-order valence-corrected chi connectivity index (χ2v) is 9.13. The Labute approximate surface area is 194 Å². The average Bonchev–Trinajstić information content (AvgIpc) is 3.34. The monoisotopic (exact) mass is 497 g/mol. The highest BCUT2D eigenvalue weighted by atomic mass is 79.9. The number of halogens is 2. The molecule has 4 unspecified atom stereocenters. The minimum Gasteiger partial charge on any atom is -0.497 e. The molecule has 2 saturated heterocycles. The van der Waals surface area contributed by atoms with Gasteiger partial charge in [-0.25, -0.2) is 10.9 Å². The van der Waals surface area contributed by atoms with Crippen LogP contribution in [-0.4, -0.2) is 19.1 Å². The number of nitrogens with one attached hydrogen (secondary N) is 2. The first-order valence-electron chi connectivity index (χ1n) is 10.1. The van der Waals surface area contributed by atoms with Crippen LogP contribution in [0.1, 0.15) is 23.2 Å². The van der Waals surface area contributed by atoms with Crippen LogP contribution in [0.4, 0.5) is 5.69 Å². The van der Waals surface area contributed by atoms with Crippen LogP contribution in [0.25, 0.3) is 0 Å². The van der Waals surface area contributed by atoms with Crippen molar-refractivity contribution in [3.8, 4) is 5.75 Å². The molecule has 2 aliphatic rings. The highest BCUT2D eigenvalue weighted by Crippen LogP contribution is 2.49. The predicted octanol–water partition coefficient (Wildman–Crippen LogP) is 5.03. The van der Waals surface area contributed by atoms with E-state index < -0.39 is 0 Å². The van der Waals surface area contributed by atoms with Crippen molar-refractivity contribution >= 4 is 39.1 Å². The summed E-state index contributed by atoms with van der Waals surface area (Å²) in [7, 11) is 1.65. The van der Waals surface area contributed by atoms with E-state index >= 15 is 0 Å². The van der Waals surface area contributed by atoms with Crippen LogP contribution < -0.4 is 20.5 Å². The van der Waals surface area contributed by atoms with Crippen molar-refractivity contribution in [2.45, 2.75) is 18.1 Å². The number of anilines is 1. The summed E-state index contributed by atoms with van der Waals surface area (Å²) in [5.41, 5.74) is 9.61. The van der Waals surface area contributed by atoms with E-state index in [1.807, 2.05) is 59.5 Å². The van der Waals surface area contributed by atoms with Crippen molar-refractivity contribution in [1.29, 1.82) is 0 Å². The van der Waals surface area contributed by atoms with Gasteiger partial charge < -0.3 is 9.64 Å². The molecule has 1 amide bonds. The van der Waals surface area contributed by atoms with E-state index in [4.69, 9.17) is 16.3 Å². The van der Waals surface area contributed by atoms with Crippen molar-refractivity contribution in [1.82, 2.24) is 10.9 Å². The zero-order valence-corrected chi connectivity index (χ0v) is 19.1. The van der Waals surface area contributed by atoms with Gasteiger partial charge in [0, 0.05) is 21.1 Å². The molecular formula is C24H21BrClN3O2. The lowest BCUT2D eigenvalue weighted by Crippen LogP contribution is -2.41. The molecule has 4 atom stereocenters. The van der Waals surface area contributed by atoms with Crippen LogP contribution in [0, 0.1) is 5.92 Å². The Kier molecular flexibility index (Phi) is 5.48. The number of ether oxygens (including phenoxy) is 1. The van der Waals surface area contributed by atoms with Crippen molar-refractivity contribution in [3.63, 3.8) is 0 Å². The van der Waals surface area contributed by atoms with Gasteiger partial charge in [0.15, 0.2) is 0 Å². The molecule has 0 aliphatic carbocycles. The standard InChI is InChI=1S/C24H21BrClN3O2/c1-31-19-4-2-3-15(13-19)23-20-21(14-5-7-16(25)8-6-14)27-28-22(20)24(30)29(23)18-11-9-17(26)10-12-18/h2-13,20-23,27-28H,1H3. The van der Waals surface area contributed by atoms with E-state index in [1.54, 1.807) is 7.11 Å². The molecule has 5 nitrogen and oxygen atoms in total. The molecule has 2 aliphatic heterocycles. The minimum atomic E-state index is -0.347. The lowest BCUT2D eigenvalue weighted by molar-refractivity contribution is -0.119. The van der Waals surface area contributed by atoms with Crippen molar-refractivity contribution < 1.29 is 9.53 Å². The number of hydrogen-bond donors (Lipinski definition) is 2. The summed E-state index contributed by atoms with van der Waals surface area (Å²) in [6.07, 6.45) is 0. The lowest BCUT2D eigenvalue weighted by atomic mass is 9.83. The Bertz CT molecular complexity index is 1110. The number of rotatable bonds is 4. The summed E-state index contributed by atoms with van der Waals surface area (Å²) in [5, 5.41) is 0.640. The van der Waals surface area contributed by atoms with E-state index in [-0.39, 0.29) is 30.0 Å². The number of fused-ring (bicyclic) bond motifs is 1. The Morgan fingerprint density at radius 2 is 1.65 bits per heavy atom. The quantitative estimate of drug-likeness (QED) is 0.530. The summed E-state index contributed by atoms with van der Waals surface area (Å²) in [6, 6.07) is 23.1. The Hall–Kier alpha value is -2.38. The van der Waals surface area contributed by atoms with Crippen molar-refractivity contribution in [2.24, 2.45) is 5.92 Å². The van der Waals surface area contributed by atoms with Gasteiger partial charge in [-0.2, -0.15) is 0 Å². The van der Waals surface area contributed by atoms with E-state index in [2.05, 4.69) is 45.0 Å². The number of benzene rings is 3. The first-order chi connectivity index (χ1) is 15.1. The van der Waals surface area contributed by atoms with Crippen LogP contribution >= 0.6 is 27.5 Å². The molecule has 2 heterocycles. The fraction of sp³-hybridized carbons (Fsp3) is 0.208.